The number of carbonyl (C=O) groups is 1. The van der Waals surface area contributed by atoms with Gasteiger partial charge in [0, 0.05) is 13.1 Å². The minimum Gasteiger partial charge on any atom is -0.493 e. The lowest BCUT2D eigenvalue weighted by molar-refractivity contribution is 0.238. The molecule has 0 saturated carbocycles. The predicted molar refractivity (Wildman–Crippen MR) is 92.7 cm³/mol. The molecule has 5 heteroatoms. The van der Waals surface area contributed by atoms with Crippen LogP contribution in [0.1, 0.15) is 23.1 Å². The van der Waals surface area contributed by atoms with Gasteiger partial charge in [-0.2, -0.15) is 0 Å². The van der Waals surface area contributed by atoms with Gasteiger partial charge in [0.05, 0.1) is 6.61 Å². The van der Waals surface area contributed by atoms with Crippen LogP contribution >= 0.6 is 0 Å². The number of hydrogen-bond donors (Lipinski definition) is 2. The quantitative estimate of drug-likeness (QED) is 0.760. The van der Waals surface area contributed by atoms with Gasteiger partial charge in [0.2, 0.25) is 0 Å². The molecule has 0 aliphatic carbocycles. The second-order valence-corrected chi connectivity index (χ2v) is 5.66. The van der Waals surface area contributed by atoms with Crippen LogP contribution in [0.5, 0.6) is 5.75 Å². The fourth-order valence-corrected chi connectivity index (χ4v) is 2.32. The number of urea groups is 1. The van der Waals surface area contributed by atoms with Gasteiger partial charge in [-0.25, -0.2) is 9.18 Å². The maximum absolute atomic E-state index is 12.8. The van der Waals surface area contributed by atoms with E-state index in [4.69, 9.17) is 4.74 Å². The summed E-state index contributed by atoms with van der Waals surface area (Å²) < 4.78 is 18.6. The first-order chi connectivity index (χ1) is 11.6. The van der Waals surface area contributed by atoms with Crippen LogP contribution in [0.3, 0.4) is 0 Å². The van der Waals surface area contributed by atoms with Crippen molar-refractivity contribution in [2.45, 2.75) is 26.8 Å². The van der Waals surface area contributed by atoms with Gasteiger partial charge >= 0.3 is 6.03 Å². The molecule has 0 aliphatic heterocycles. The molecule has 2 rings (SSSR count). The molecule has 0 spiro atoms. The zero-order valence-electron chi connectivity index (χ0n) is 14.1. The van der Waals surface area contributed by atoms with Crippen LogP contribution in [-0.2, 0) is 6.54 Å². The van der Waals surface area contributed by atoms with E-state index in [1.165, 1.54) is 12.1 Å². The topological polar surface area (TPSA) is 50.4 Å². The molecule has 2 amide bonds. The van der Waals surface area contributed by atoms with E-state index in [2.05, 4.69) is 10.6 Å². The average Bonchev–Trinajstić information content (AvgIpc) is 2.56. The number of aryl methyl sites for hydroxylation is 2. The largest absolute Gasteiger partial charge is 0.493 e. The molecule has 0 aliphatic rings. The number of carbonyl (C=O) groups excluding carboxylic acids is 1. The molecule has 0 atom stereocenters. The predicted octanol–water partition coefficient (Wildman–Crippen LogP) is 3.71. The van der Waals surface area contributed by atoms with E-state index in [1.807, 2.05) is 32.0 Å². The smallest absolute Gasteiger partial charge is 0.315 e. The Morgan fingerprint density at radius 3 is 2.38 bits per heavy atom. The highest BCUT2D eigenvalue weighted by molar-refractivity contribution is 5.73. The summed E-state index contributed by atoms with van der Waals surface area (Å²) in [6.45, 7) is 5.47. The first kappa shape index (κ1) is 17.8. The van der Waals surface area contributed by atoms with Crippen molar-refractivity contribution in [2.24, 2.45) is 0 Å². The van der Waals surface area contributed by atoms with Crippen LogP contribution in [0.4, 0.5) is 9.18 Å². The summed E-state index contributed by atoms with van der Waals surface area (Å²) in [5.41, 5.74) is 3.07. The second-order valence-electron chi connectivity index (χ2n) is 5.66. The van der Waals surface area contributed by atoms with Crippen molar-refractivity contribution in [3.8, 4) is 5.75 Å². The zero-order chi connectivity index (χ0) is 17.4. The molecule has 2 aromatic rings. The Bertz CT molecular complexity index is 651. The summed E-state index contributed by atoms with van der Waals surface area (Å²) in [7, 11) is 0. The molecule has 24 heavy (non-hydrogen) atoms. The molecule has 0 aromatic heterocycles. The van der Waals surface area contributed by atoms with Crippen molar-refractivity contribution < 1.29 is 13.9 Å². The fourth-order valence-electron chi connectivity index (χ4n) is 2.32. The summed E-state index contributed by atoms with van der Waals surface area (Å²) in [4.78, 5) is 11.7. The molecular weight excluding hydrogens is 307 g/mol. The average molecular weight is 330 g/mol. The maximum Gasteiger partial charge on any atom is 0.315 e. The summed E-state index contributed by atoms with van der Waals surface area (Å²) >= 11 is 0. The summed E-state index contributed by atoms with van der Waals surface area (Å²) in [5, 5.41) is 5.51. The summed E-state index contributed by atoms with van der Waals surface area (Å²) in [6.07, 6.45) is 0.720. The lowest BCUT2D eigenvalue weighted by Gasteiger charge is -2.12. The van der Waals surface area contributed by atoms with E-state index in [-0.39, 0.29) is 11.8 Å². The SMILES string of the molecule is Cc1cccc(C)c1OCCCNC(=O)NCc1ccc(F)cc1. The van der Waals surface area contributed by atoms with E-state index in [1.54, 1.807) is 12.1 Å². The number of hydrogen-bond acceptors (Lipinski definition) is 2. The van der Waals surface area contributed by atoms with Crippen molar-refractivity contribution in [1.82, 2.24) is 10.6 Å². The Morgan fingerprint density at radius 2 is 1.71 bits per heavy atom. The lowest BCUT2D eigenvalue weighted by Crippen LogP contribution is -2.36. The van der Waals surface area contributed by atoms with Gasteiger partial charge < -0.3 is 15.4 Å². The molecule has 0 unspecified atom stereocenters. The molecule has 128 valence electrons. The number of para-hydroxylation sites is 1. The monoisotopic (exact) mass is 330 g/mol. The first-order valence-corrected chi connectivity index (χ1v) is 8.01. The third kappa shape index (κ3) is 5.57. The third-order valence-corrected chi connectivity index (χ3v) is 3.63. The zero-order valence-corrected chi connectivity index (χ0v) is 14.1. The molecule has 0 heterocycles. The second kappa shape index (κ2) is 8.91. The number of nitrogens with one attached hydrogen (secondary N) is 2. The van der Waals surface area contributed by atoms with Crippen LogP contribution in [0, 0.1) is 19.7 Å². The van der Waals surface area contributed by atoms with Crippen molar-refractivity contribution >= 4 is 6.03 Å². The van der Waals surface area contributed by atoms with Crippen molar-refractivity contribution in [3.05, 3.63) is 65.0 Å². The van der Waals surface area contributed by atoms with Crippen LogP contribution in [0.15, 0.2) is 42.5 Å². The van der Waals surface area contributed by atoms with E-state index < -0.39 is 0 Å². The standard InChI is InChI=1S/C19H23FN2O2/c1-14-5-3-6-15(2)18(14)24-12-4-11-21-19(23)22-13-16-7-9-17(20)10-8-16/h3,5-10H,4,11-13H2,1-2H3,(H2,21,22,23). The molecule has 0 fully saturated rings. The normalized spacial score (nSPS) is 10.3. The molecule has 0 saturated heterocycles. The highest BCUT2D eigenvalue weighted by atomic mass is 19.1. The Balaban J connectivity index is 1.62. The van der Waals surface area contributed by atoms with Gasteiger partial charge in [-0.05, 0) is 49.1 Å². The van der Waals surface area contributed by atoms with Crippen LogP contribution in [0.2, 0.25) is 0 Å². The van der Waals surface area contributed by atoms with Crippen molar-refractivity contribution in [2.75, 3.05) is 13.2 Å². The Labute approximate surface area is 142 Å². The number of amides is 2. The van der Waals surface area contributed by atoms with Gasteiger partial charge in [-0.3, -0.25) is 0 Å². The van der Waals surface area contributed by atoms with Gasteiger partial charge in [-0.15, -0.1) is 0 Å². The van der Waals surface area contributed by atoms with Crippen molar-refractivity contribution in [3.63, 3.8) is 0 Å². The Kier molecular flexibility index (Phi) is 6.61. The fraction of sp³-hybridized carbons (Fsp3) is 0.316. The first-order valence-electron chi connectivity index (χ1n) is 8.01. The van der Waals surface area contributed by atoms with Crippen molar-refractivity contribution in [1.29, 1.82) is 0 Å². The molecule has 2 aromatic carbocycles. The molecule has 2 N–H and O–H groups in total. The molecular formula is C19H23FN2O2. The van der Waals surface area contributed by atoms with E-state index in [9.17, 15) is 9.18 Å². The highest BCUT2D eigenvalue weighted by Crippen LogP contribution is 2.22. The minimum atomic E-state index is -0.285. The third-order valence-electron chi connectivity index (χ3n) is 3.63. The van der Waals surface area contributed by atoms with Gasteiger partial charge in [0.25, 0.3) is 0 Å². The van der Waals surface area contributed by atoms with E-state index in [0.29, 0.717) is 19.7 Å². The van der Waals surface area contributed by atoms with Gasteiger partial charge in [0.15, 0.2) is 0 Å². The highest BCUT2D eigenvalue weighted by Gasteiger charge is 2.03. The molecule has 0 radical (unpaired) electrons. The Hall–Kier alpha value is -2.56. The maximum atomic E-state index is 12.8. The van der Waals surface area contributed by atoms with Gasteiger partial charge in [0.1, 0.15) is 11.6 Å². The molecule has 0 bridgehead atoms. The minimum absolute atomic E-state index is 0.244. The summed E-state index contributed by atoms with van der Waals surface area (Å²) in [6, 6.07) is 11.8. The Morgan fingerprint density at radius 1 is 1.04 bits per heavy atom. The number of benzene rings is 2. The lowest BCUT2D eigenvalue weighted by atomic mass is 10.1. The number of ether oxygens (including phenoxy) is 1. The summed E-state index contributed by atoms with van der Waals surface area (Å²) in [5.74, 6) is 0.630. The molecule has 4 nitrogen and oxygen atoms in total. The number of halogens is 1. The number of rotatable bonds is 7. The van der Waals surface area contributed by atoms with Gasteiger partial charge in [-0.1, -0.05) is 30.3 Å². The van der Waals surface area contributed by atoms with Crippen LogP contribution in [-0.4, -0.2) is 19.2 Å². The van der Waals surface area contributed by atoms with E-state index in [0.717, 1.165) is 28.9 Å². The van der Waals surface area contributed by atoms with E-state index >= 15 is 0 Å². The van der Waals surface area contributed by atoms with Crippen LogP contribution < -0.4 is 15.4 Å². The van der Waals surface area contributed by atoms with Crippen LogP contribution in [0.25, 0.3) is 0 Å².